The first-order valence-electron chi connectivity index (χ1n) is 4.97. The van der Waals surface area contributed by atoms with Crippen molar-refractivity contribution in [2.45, 2.75) is 38.8 Å². The molecule has 2 unspecified atom stereocenters. The predicted molar refractivity (Wildman–Crippen MR) is 51.1 cm³/mol. The summed E-state index contributed by atoms with van der Waals surface area (Å²) in [5.74, 6) is 0.0150. The highest BCUT2D eigenvalue weighted by molar-refractivity contribution is 4.96. The number of nitriles is 1. The highest BCUT2D eigenvalue weighted by Crippen LogP contribution is 2.24. The lowest BCUT2D eigenvalue weighted by Gasteiger charge is -2.40. The van der Waals surface area contributed by atoms with E-state index in [1.165, 1.54) is 0 Å². The van der Waals surface area contributed by atoms with Crippen LogP contribution >= 0.6 is 0 Å². The first-order valence-corrected chi connectivity index (χ1v) is 4.97. The monoisotopic (exact) mass is 182 g/mol. The molecule has 0 aromatic heterocycles. The number of piperidine rings is 1. The van der Waals surface area contributed by atoms with E-state index in [-0.39, 0.29) is 18.6 Å². The summed E-state index contributed by atoms with van der Waals surface area (Å²) in [7, 11) is 0. The van der Waals surface area contributed by atoms with E-state index in [1.807, 2.05) is 0 Å². The Kier molecular flexibility index (Phi) is 3.71. The normalized spacial score (nSPS) is 30.4. The molecule has 1 fully saturated rings. The molecular weight excluding hydrogens is 164 g/mol. The Balaban J connectivity index is 2.68. The minimum atomic E-state index is 0.0150. The van der Waals surface area contributed by atoms with E-state index >= 15 is 0 Å². The molecule has 0 aliphatic carbocycles. The summed E-state index contributed by atoms with van der Waals surface area (Å²) in [6.45, 7) is 5.35. The molecule has 1 rings (SSSR count). The lowest BCUT2D eigenvalue weighted by molar-refractivity contribution is 0.0424. The maximum atomic E-state index is 9.22. The van der Waals surface area contributed by atoms with E-state index in [1.54, 1.807) is 0 Å². The van der Waals surface area contributed by atoms with Crippen LogP contribution in [0.4, 0.5) is 0 Å². The Morgan fingerprint density at radius 1 is 1.62 bits per heavy atom. The Morgan fingerprint density at radius 3 is 2.77 bits per heavy atom. The molecule has 1 aliphatic heterocycles. The molecule has 3 nitrogen and oxygen atoms in total. The Bertz CT molecular complexity index is 198. The predicted octanol–water partition coefficient (Wildman–Crippen LogP) is 0.991. The highest BCUT2D eigenvalue weighted by Gasteiger charge is 2.31. The number of rotatable bonds is 2. The van der Waals surface area contributed by atoms with Crippen molar-refractivity contribution < 1.29 is 5.11 Å². The van der Waals surface area contributed by atoms with Crippen LogP contribution in [0.5, 0.6) is 0 Å². The third-order valence-corrected chi connectivity index (χ3v) is 2.84. The quantitative estimate of drug-likeness (QED) is 0.692. The highest BCUT2D eigenvalue weighted by atomic mass is 16.3. The second-order valence-corrected chi connectivity index (χ2v) is 3.96. The number of aliphatic hydroxyl groups is 1. The number of aliphatic hydroxyl groups excluding tert-OH is 1. The number of likely N-dealkylation sites (tertiary alicyclic amines) is 1. The van der Waals surface area contributed by atoms with Gasteiger partial charge < -0.3 is 5.11 Å². The summed E-state index contributed by atoms with van der Waals surface area (Å²) >= 11 is 0. The first kappa shape index (κ1) is 10.5. The molecule has 0 spiro atoms. The van der Waals surface area contributed by atoms with Crippen LogP contribution in [0.25, 0.3) is 0 Å². The van der Waals surface area contributed by atoms with Crippen molar-refractivity contribution in [3.8, 4) is 6.07 Å². The van der Waals surface area contributed by atoms with Crippen LogP contribution in [-0.2, 0) is 0 Å². The molecule has 1 aliphatic rings. The topological polar surface area (TPSA) is 47.3 Å². The molecule has 0 aromatic rings. The van der Waals surface area contributed by atoms with Crippen molar-refractivity contribution in [2.75, 3.05) is 13.2 Å². The van der Waals surface area contributed by atoms with Gasteiger partial charge in [0.15, 0.2) is 0 Å². The van der Waals surface area contributed by atoms with Crippen LogP contribution in [0.3, 0.4) is 0 Å². The van der Waals surface area contributed by atoms with Crippen molar-refractivity contribution in [3.63, 3.8) is 0 Å². The minimum absolute atomic E-state index is 0.0150. The van der Waals surface area contributed by atoms with Gasteiger partial charge in [-0.25, -0.2) is 0 Å². The Labute approximate surface area is 80.0 Å². The fourth-order valence-electron chi connectivity index (χ4n) is 2.11. The standard InChI is InChI=1S/C10H18N2O/c1-8(2)12-5-3-4-9(6-11)10(12)7-13/h8-10,13H,3-5,7H2,1-2H3. The van der Waals surface area contributed by atoms with E-state index < -0.39 is 0 Å². The SMILES string of the molecule is CC(C)N1CCCC(C#N)C1CO. The molecule has 1 N–H and O–H groups in total. The lowest BCUT2D eigenvalue weighted by atomic mass is 9.90. The first-order chi connectivity index (χ1) is 6.20. The van der Waals surface area contributed by atoms with Crippen LogP contribution in [0.2, 0.25) is 0 Å². The fourth-order valence-corrected chi connectivity index (χ4v) is 2.11. The minimum Gasteiger partial charge on any atom is -0.395 e. The molecule has 1 saturated heterocycles. The van der Waals surface area contributed by atoms with E-state index in [2.05, 4.69) is 24.8 Å². The molecule has 1 heterocycles. The van der Waals surface area contributed by atoms with Gasteiger partial charge in [-0.15, -0.1) is 0 Å². The van der Waals surface area contributed by atoms with Gasteiger partial charge in [0.1, 0.15) is 0 Å². The zero-order valence-electron chi connectivity index (χ0n) is 8.40. The largest absolute Gasteiger partial charge is 0.395 e. The zero-order chi connectivity index (χ0) is 9.84. The van der Waals surface area contributed by atoms with Crippen molar-refractivity contribution in [3.05, 3.63) is 0 Å². The molecule has 0 radical (unpaired) electrons. The molecule has 13 heavy (non-hydrogen) atoms. The van der Waals surface area contributed by atoms with Gasteiger partial charge in [-0.1, -0.05) is 0 Å². The van der Waals surface area contributed by atoms with Crippen LogP contribution in [0.15, 0.2) is 0 Å². The molecular formula is C10H18N2O. The second-order valence-electron chi connectivity index (χ2n) is 3.96. The summed E-state index contributed by atoms with van der Waals surface area (Å²) in [5, 5.41) is 18.1. The lowest BCUT2D eigenvalue weighted by Crippen LogP contribution is -2.50. The summed E-state index contributed by atoms with van der Waals surface area (Å²) in [6, 6.07) is 2.77. The van der Waals surface area contributed by atoms with E-state index in [4.69, 9.17) is 5.26 Å². The molecule has 0 aromatic carbocycles. The smallest absolute Gasteiger partial charge is 0.0673 e. The number of hydrogen-bond acceptors (Lipinski definition) is 3. The second kappa shape index (κ2) is 4.59. The van der Waals surface area contributed by atoms with Crippen LogP contribution in [0, 0.1) is 17.2 Å². The number of nitrogens with zero attached hydrogens (tertiary/aromatic N) is 2. The molecule has 0 bridgehead atoms. The molecule has 3 heteroatoms. The van der Waals surface area contributed by atoms with Gasteiger partial charge in [0, 0.05) is 12.1 Å². The molecule has 74 valence electrons. The van der Waals surface area contributed by atoms with Crippen LogP contribution in [0.1, 0.15) is 26.7 Å². The Morgan fingerprint density at radius 2 is 2.31 bits per heavy atom. The maximum Gasteiger partial charge on any atom is 0.0673 e. The van der Waals surface area contributed by atoms with Gasteiger partial charge in [0.05, 0.1) is 18.6 Å². The number of hydrogen-bond donors (Lipinski definition) is 1. The molecule has 2 atom stereocenters. The van der Waals surface area contributed by atoms with Gasteiger partial charge >= 0.3 is 0 Å². The summed E-state index contributed by atoms with van der Waals surface area (Å²) in [4.78, 5) is 2.23. The average molecular weight is 182 g/mol. The average Bonchev–Trinajstić information content (AvgIpc) is 2.16. The summed E-state index contributed by atoms with van der Waals surface area (Å²) in [6.07, 6.45) is 2.01. The van der Waals surface area contributed by atoms with Crippen molar-refractivity contribution in [1.29, 1.82) is 5.26 Å². The third-order valence-electron chi connectivity index (χ3n) is 2.84. The molecule has 0 saturated carbocycles. The Hall–Kier alpha value is -0.590. The van der Waals surface area contributed by atoms with Crippen LogP contribution < -0.4 is 0 Å². The van der Waals surface area contributed by atoms with Crippen molar-refractivity contribution in [2.24, 2.45) is 5.92 Å². The summed E-state index contributed by atoms with van der Waals surface area (Å²) < 4.78 is 0. The van der Waals surface area contributed by atoms with Gasteiger partial charge in [0.25, 0.3) is 0 Å². The summed E-state index contributed by atoms with van der Waals surface area (Å²) in [5.41, 5.74) is 0. The van der Waals surface area contributed by atoms with Gasteiger partial charge in [-0.05, 0) is 33.2 Å². The van der Waals surface area contributed by atoms with E-state index in [0.717, 1.165) is 19.4 Å². The zero-order valence-corrected chi connectivity index (χ0v) is 8.40. The van der Waals surface area contributed by atoms with Gasteiger partial charge in [0.2, 0.25) is 0 Å². The van der Waals surface area contributed by atoms with Gasteiger partial charge in [-0.2, -0.15) is 5.26 Å². The van der Waals surface area contributed by atoms with E-state index in [0.29, 0.717) is 6.04 Å². The molecule has 0 amide bonds. The van der Waals surface area contributed by atoms with E-state index in [9.17, 15) is 5.11 Å². The maximum absolute atomic E-state index is 9.22. The van der Waals surface area contributed by atoms with Gasteiger partial charge in [-0.3, -0.25) is 4.90 Å². The van der Waals surface area contributed by atoms with Crippen LogP contribution in [-0.4, -0.2) is 35.2 Å². The van der Waals surface area contributed by atoms with Crippen molar-refractivity contribution in [1.82, 2.24) is 4.90 Å². The fraction of sp³-hybridized carbons (Fsp3) is 0.900. The van der Waals surface area contributed by atoms with Crippen molar-refractivity contribution >= 4 is 0 Å². The third kappa shape index (κ3) is 2.20.